The molecule has 2 fully saturated rings. The molecule has 3 heterocycles. The van der Waals surface area contributed by atoms with Gasteiger partial charge in [0.25, 0.3) is 0 Å². The lowest BCUT2D eigenvalue weighted by Gasteiger charge is -2.38. The van der Waals surface area contributed by atoms with Crippen molar-refractivity contribution in [1.29, 1.82) is 0 Å². The van der Waals surface area contributed by atoms with Gasteiger partial charge in [0.05, 0.1) is 15.9 Å². The number of nitrogens with zero attached hydrogens (tertiary/aromatic N) is 2. The molecule has 2 aliphatic rings. The van der Waals surface area contributed by atoms with Crippen molar-refractivity contribution in [3.63, 3.8) is 0 Å². The molecule has 142 valence electrons. The van der Waals surface area contributed by atoms with E-state index in [-0.39, 0.29) is 18.0 Å². The summed E-state index contributed by atoms with van der Waals surface area (Å²) in [6.45, 7) is 0. The quantitative estimate of drug-likeness (QED) is 0.719. The summed E-state index contributed by atoms with van der Waals surface area (Å²) in [4.78, 5) is 20.2. The van der Waals surface area contributed by atoms with Crippen molar-refractivity contribution in [2.24, 2.45) is 0 Å². The highest BCUT2D eigenvalue weighted by Crippen LogP contribution is 2.40. The van der Waals surface area contributed by atoms with Gasteiger partial charge in [-0.1, -0.05) is 18.2 Å². The zero-order chi connectivity index (χ0) is 18.9. The Morgan fingerprint density at radius 3 is 2.30 bits per heavy atom. The Bertz CT molecular complexity index is 889. The maximum Gasteiger partial charge on any atom is 0.233 e. The average Bonchev–Trinajstić information content (AvgIpc) is 2.97. The largest absolute Gasteiger partial charge is 0.336 e. The molecule has 0 aliphatic carbocycles. The molecule has 5 nitrogen and oxygen atoms in total. The van der Waals surface area contributed by atoms with Crippen molar-refractivity contribution < 1.29 is 13.2 Å². The summed E-state index contributed by atoms with van der Waals surface area (Å²) in [6, 6.07) is 12.5. The molecule has 0 saturated carbocycles. The first-order valence-corrected chi connectivity index (χ1v) is 11.7. The molecule has 2 saturated heterocycles. The standard InChI is InChI=1S/C20H22N2O3S2/c23-20(14-26-17-8-10-21-11-9-17)22-15-6-7-16(22)13-19(12-15)27(24,25)18-4-2-1-3-5-18/h1-5,8-11,15-16,19H,6-7,12-14H2. The first-order valence-electron chi connectivity index (χ1n) is 9.18. The van der Waals surface area contributed by atoms with Gasteiger partial charge in [-0.05, 0) is 49.9 Å². The summed E-state index contributed by atoms with van der Waals surface area (Å²) in [5, 5.41) is -0.394. The van der Waals surface area contributed by atoms with E-state index >= 15 is 0 Å². The molecule has 4 rings (SSSR count). The maximum absolute atomic E-state index is 13.0. The third kappa shape index (κ3) is 3.75. The number of benzene rings is 1. The molecular formula is C20H22N2O3S2. The minimum Gasteiger partial charge on any atom is -0.336 e. The molecule has 2 aromatic rings. The van der Waals surface area contributed by atoms with Crippen LogP contribution in [0.1, 0.15) is 25.7 Å². The molecule has 2 unspecified atom stereocenters. The van der Waals surface area contributed by atoms with Gasteiger partial charge >= 0.3 is 0 Å². The molecule has 2 bridgehead atoms. The van der Waals surface area contributed by atoms with Crippen molar-refractivity contribution in [3.8, 4) is 0 Å². The van der Waals surface area contributed by atoms with Crippen molar-refractivity contribution in [2.75, 3.05) is 5.75 Å². The van der Waals surface area contributed by atoms with E-state index in [0.717, 1.165) is 17.7 Å². The fraction of sp³-hybridized carbons (Fsp3) is 0.400. The Morgan fingerprint density at radius 2 is 1.67 bits per heavy atom. The van der Waals surface area contributed by atoms with E-state index in [1.165, 1.54) is 11.8 Å². The highest BCUT2D eigenvalue weighted by Gasteiger charge is 2.46. The van der Waals surface area contributed by atoms with Gasteiger partial charge in [0, 0.05) is 29.4 Å². The molecule has 0 spiro atoms. The third-order valence-corrected chi connectivity index (χ3v) is 8.69. The number of carbonyl (C=O) groups is 1. The molecule has 27 heavy (non-hydrogen) atoms. The Labute approximate surface area is 164 Å². The highest BCUT2D eigenvalue weighted by atomic mass is 32.2. The van der Waals surface area contributed by atoms with Crippen LogP contribution in [0.3, 0.4) is 0 Å². The molecule has 1 aromatic carbocycles. The van der Waals surface area contributed by atoms with Crippen LogP contribution in [0.25, 0.3) is 0 Å². The van der Waals surface area contributed by atoms with Crippen LogP contribution in [-0.4, -0.2) is 47.3 Å². The number of carbonyl (C=O) groups excluding carboxylic acids is 1. The number of hydrogen-bond donors (Lipinski definition) is 0. The average molecular weight is 403 g/mol. The lowest BCUT2D eigenvalue weighted by molar-refractivity contribution is -0.132. The van der Waals surface area contributed by atoms with Crippen molar-refractivity contribution >= 4 is 27.5 Å². The van der Waals surface area contributed by atoms with E-state index in [1.807, 2.05) is 23.1 Å². The number of rotatable bonds is 5. The topological polar surface area (TPSA) is 67.3 Å². The fourth-order valence-corrected chi connectivity index (χ4v) is 6.87. The third-order valence-electron chi connectivity index (χ3n) is 5.50. The zero-order valence-corrected chi connectivity index (χ0v) is 16.5. The van der Waals surface area contributed by atoms with E-state index < -0.39 is 15.1 Å². The van der Waals surface area contributed by atoms with Gasteiger partial charge in [0.15, 0.2) is 9.84 Å². The van der Waals surface area contributed by atoms with Gasteiger partial charge in [0.2, 0.25) is 5.91 Å². The lowest BCUT2D eigenvalue weighted by atomic mass is 10.0. The Kier molecular flexibility index (Phi) is 5.23. The molecule has 1 amide bonds. The molecule has 2 aliphatic heterocycles. The number of amides is 1. The van der Waals surface area contributed by atoms with Crippen LogP contribution >= 0.6 is 11.8 Å². The van der Waals surface area contributed by atoms with E-state index in [2.05, 4.69) is 4.98 Å². The van der Waals surface area contributed by atoms with Crippen molar-refractivity contribution in [1.82, 2.24) is 9.88 Å². The molecule has 0 radical (unpaired) electrons. The SMILES string of the molecule is O=C(CSc1ccncc1)N1C2CCC1CC(S(=O)(=O)c1ccccc1)C2. The second-order valence-electron chi connectivity index (χ2n) is 7.11. The summed E-state index contributed by atoms with van der Waals surface area (Å²) in [5.41, 5.74) is 0. The smallest absolute Gasteiger partial charge is 0.233 e. The molecular weight excluding hydrogens is 380 g/mol. The van der Waals surface area contributed by atoms with Gasteiger partial charge in [-0.25, -0.2) is 8.42 Å². The monoisotopic (exact) mass is 402 g/mol. The van der Waals surface area contributed by atoms with Crippen LogP contribution in [-0.2, 0) is 14.6 Å². The van der Waals surface area contributed by atoms with E-state index in [1.54, 1.807) is 36.7 Å². The number of piperidine rings is 1. The number of aromatic nitrogens is 1. The molecule has 7 heteroatoms. The van der Waals surface area contributed by atoms with Crippen LogP contribution in [0.5, 0.6) is 0 Å². The van der Waals surface area contributed by atoms with Crippen LogP contribution in [0.4, 0.5) is 0 Å². The summed E-state index contributed by atoms with van der Waals surface area (Å²) in [7, 11) is -3.34. The van der Waals surface area contributed by atoms with E-state index in [4.69, 9.17) is 0 Å². The number of fused-ring (bicyclic) bond motifs is 2. The van der Waals surface area contributed by atoms with Crippen LogP contribution in [0, 0.1) is 0 Å². The molecule has 0 N–H and O–H groups in total. The maximum atomic E-state index is 13.0. The second kappa shape index (κ2) is 7.64. The Balaban J connectivity index is 1.44. The number of thioether (sulfide) groups is 1. The number of pyridine rings is 1. The first kappa shape index (κ1) is 18.5. The predicted molar refractivity (Wildman–Crippen MR) is 105 cm³/mol. The Morgan fingerprint density at radius 1 is 1.04 bits per heavy atom. The number of sulfone groups is 1. The lowest BCUT2D eigenvalue weighted by Crippen LogP contribution is -2.50. The Hall–Kier alpha value is -1.86. The van der Waals surface area contributed by atoms with Gasteiger partial charge in [-0.3, -0.25) is 9.78 Å². The van der Waals surface area contributed by atoms with Gasteiger partial charge in [0.1, 0.15) is 0 Å². The van der Waals surface area contributed by atoms with E-state index in [9.17, 15) is 13.2 Å². The van der Waals surface area contributed by atoms with Crippen LogP contribution < -0.4 is 0 Å². The minimum atomic E-state index is -3.34. The molecule has 2 atom stereocenters. The van der Waals surface area contributed by atoms with Gasteiger partial charge < -0.3 is 4.90 Å². The normalized spacial score (nSPS) is 24.7. The predicted octanol–water partition coefficient (Wildman–Crippen LogP) is 3.17. The van der Waals surface area contributed by atoms with Gasteiger partial charge in [-0.2, -0.15) is 0 Å². The van der Waals surface area contributed by atoms with E-state index in [0.29, 0.717) is 23.5 Å². The van der Waals surface area contributed by atoms with Crippen LogP contribution in [0.15, 0.2) is 64.6 Å². The van der Waals surface area contributed by atoms with Gasteiger partial charge in [-0.15, -0.1) is 11.8 Å². The summed E-state index contributed by atoms with van der Waals surface area (Å²) in [5.74, 6) is 0.493. The highest BCUT2D eigenvalue weighted by molar-refractivity contribution is 8.00. The molecule has 1 aromatic heterocycles. The fourth-order valence-electron chi connectivity index (χ4n) is 4.24. The minimum absolute atomic E-state index is 0.0396. The van der Waals surface area contributed by atoms with Crippen LogP contribution in [0.2, 0.25) is 0 Å². The first-order chi connectivity index (χ1) is 13.1. The van der Waals surface area contributed by atoms with Crippen molar-refractivity contribution in [2.45, 2.75) is 52.8 Å². The zero-order valence-electron chi connectivity index (χ0n) is 14.9. The van der Waals surface area contributed by atoms with Crippen molar-refractivity contribution in [3.05, 3.63) is 54.9 Å². The summed E-state index contributed by atoms with van der Waals surface area (Å²) in [6.07, 6.45) is 6.32. The number of hydrogen-bond acceptors (Lipinski definition) is 5. The summed E-state index contributed by atoms with van der Waals surface area (Å²) >= 11 is 1.51. The second-order valence-corrected chi connectivity index (χ2v) is 10.4. The summed E-state index contributed by atoms with van der Waals surface area (Å²) < 4.78 is 26.0.